The van der Waals surface area contributed by atoms with Gasteiger partial charge in [0.05, 0.1) is 11.2 Å². The van der Waals surface area contributed by atoms with E-state index in [1.165, 1.54) is 10.8 Å². The lowest BCUT2D eigenvalue weighted by Gasteiger charge is -2.07. The lowest BCUT2D eigenvalue weighted by Crippen LogP contribution is -2.25. The number of unbranched alkanes of at least 4 members (excludes halogenated alkanes) is 3. The fourth-order valence-electron chi connectivity index (χ4n) is 3.28. The predicted molar refractivity (Wildman–Crippen MR) is 118 cm³/mol. The van der Waals surface area contributed by atoms with Gasteiger partial charge in [-0.05, 0) is 25.0 Å². The van der Waals surface area contributed by atoms with Crippen LogP contribution in [0.5, 0.6) is 0 Å². The molecule has 0 saturated heterocycles. The Morgan fingerprint density at radius 3 is 2.62 bits per heavy atom. The number of para-hydroxylation sites is 1. The standard InChI is InChI=1S/C22H26N6O4/c1-28-14-17(21(30)24-12-5-3-2-4-11-18(29)27-32)25-20(28)22(31)26-16-10-6-8-15-9-7-13-23-19(15)16/h6-10,13-14,32H,2-5,11-12H2,1H3,(H,24,30)(H,26,31)(H,27,29). The van der Waals surface area contributed by atoms with Crippen LogP contribution < -0.4 is 16.1 Å². The Hall–Kier alpha value is -3.79. The molecule has 0 unspecified atom stereocenters. The van der Waals surface area contributed by atoms with Crippen LogP contribution in [-0.4, -0.2) is 44.0 Å². The second kappa shape index (κ2) is 11.0. The number of benzene rings is 1. The van der Waals surface area contributed by atoms with Gasteiger partial charge in [0, 0.05) is 37.8 Å². The van der Waals surface area contributed by atoms with Crippen LogP contribution in [0.3, 0.4) is 0 Å². The van der Waals surface area contributed by atoms with Gasteiger partial charge >= 0.3 is 0 Å². The minimum atomic E-state index is -0.434. The molecular formula is C22H26N6O4. The lowest BCUT2D eigenvalue weighted by molar-refractivity contribution is -0.129. The van der Waals surface area contributed by atoms with Crippen LogP contribution in [0.25, 0.3) is 10.9 Å². The molecule has 0 bridgehead atoms. The summed E-state index contributed by atoms with van der Waals surface area (Å²) in [5, 5.41) is 14.9. The van der Waals surface area contributed by atoms with Gasteiger partial charge in [0.25, 0.3) is 11.8 Å². The number of anilines is 1. The van der Waals surface area contributed by atoms with Crippen molar-refractivity contribution >= 4 is 34.3 Å². The molecule has 0 aliphatic heterocycles. The molecule has 0 aliphatic rings. The van der Waals surface area contributed by atoms with Crippen molar-refractivity contribution < 1.29 is 19.6 Å². The molecule has 168 valence electrons. The van der Waals surface area contributed by atoms with Gasteiger partial charge in [0.15, 0.2) is 5.82 Å². The molecule has 4 N–H and O–H groups in total. The first-order valence-electron chi connectivity index (χ1n) is 10.4. The van der Waals surface area contributed by atoms with Gasteiger partial charge in [0.1, 0.15) is 5.69 Å². The number of carbonyl (C=O) groups is 3. The third-order valence-electron chi connectivity index (χ3n) is 4.93. The summed E-state index contributed by atoms with van der Waals surface area (Å²) in [6.45, 7) is 0.463. The van der Waals surface area contributed by atoms with Gasteiger partial charge in [-0.25, -0.2) is 10.5 Å². The quantitative estimate of drug-likeness (QED) is 0.218. The topological polar surface area (TPSA) is 138 Å². The van der Waals surface area contributed by atoms with Crippen molar-refractivity contribution in [2.75, 3.05) is 11.9 Å². The van der Waals surface area contributed by atoms with E-state index in [9.17, 15) is 14.4 Å². The molecule has 0 aliphatic carbocycles. The number of pyridine rings is 1. The maximum Gasteiger partial charge on any atom is 0.291 e. The van der Waals surface area contributed by atoms with Crippen molar-refractivity contribution in [2.24, 2.45) is 7.05 Å². The van der Waals surface area contributed by atoms with Crippen LogP contribution in [0.1, 0.15) is 53.2 Å². The van der Waals surface area contributed by atoms with E-state index in [0.29, 0.717) is 24.2 Å². The average molecular weight is 438 g/mol. The van der Waals surface area contributed by atoms with Gasteiger partial charge in [-0.1, -0.05) is 31.0 Å². The number of hydrogen-bond donors (Lipinski definition) is 4. The average Bonchev–Trinajstić information content (AvgIpc) is 3.20. The number of nitrogens with one attached hydrogen (secondary N) is 3. The van der Waals surface area contributed by atoms with Crippen LogP contribution >= 0.6 is 0 Å². The number of aryl methyl sites for hydroxylation is 1. The Morgan fingerprint density at radius 2 is 1.81 bits per heavy atom. The molecule has 2 heterocycles. The van der Waals surface area contributed by atoms with Crippen LogP contribution in [0.2, 0.25) is 0 Å². The van der Waals surface area contributed by atoms with E-state index < -0.39 is 11.8 Å². The smallest absolute Gasteiger partial charge is 0.291 e. The van der Waals surface area contributed by atoms with Crippen molar-refractivity contribution in [2.45, 2.75) is 32.1 Å². The number of nitrogens with zero attached hydrogens (tertiary/aromatic N) is 3. The first-order valence-corrected chi connectivity index (χ1v) is 10.4. The van der Waals surface area contributed by atoms with Crippen molar-refractivity contribution in [3.8, 4) is 0 Å². The van der Waals surface area contributed by atoms with Gasteiger partial charge in [-0.15, -0.1) is 0 Å². The first kappa shape index (κ1) is 22.9. The zero-order chi connectivity index (χ0) is 22.9. The van der Waals surface area contributed by atoms with Gasteiger partial charge in [0.2, 0.25) is 5.91 Å². The number of aromatic nitrogens is 3. The number of imidazole rings is 1. The second-order valence-corrected chi connectivity index (χ2v) is 7.35. The zero-order valence-electron chi connectivity index (χ0n) is 17.8. The summed E-state index contributed by atoms with van der Waals surface area (Å²) in [7, 11) is 1.66. The minimum Gasteiger partial charge on any atom is -0.351 e. The van der Waals surface area contributed by atoms with E-state index in [1.54, 1.807) is 24.8 Å². The fraction of sp³-hybridized carbons (Fsp3) is 0.318. The Balaban J connectivity index is 1.52. The highest BCUT2D eigenvalue weighted by atomic mass is 16.5. The van der Waals surface area contributed by atoms with Gasteiger partial charge in [-0.3, -0.25) is 24.6 Å². The second-order valence-electron chi connectivity index (χ2n) is 7.35. The van der Waals surface area contributed by atoms with E-state index in [0.717, 1.165) is 24.6 Å². The summed E-state index contributed by atoms with van der Waals surface area (Å²) in [5.74, 6) is -1.07. The molecule has 10 nitrogen and oxygen atoms in total. The summed E-state index contributed by atoms with van der Waals surface area (Å²) in [4.78, 5) is 44.6. The molecule has 1 aromatic carbocycles. The summed E-state index contributed by atoms with van der Waals surface area (Å²) in [6, 6.07) is 9.24. The Kier molecular flexibility index (Phi) is 7.87. The number of amides is 3. The minimum absolute atomic E-state index is 0.116. The highest BCUT2D eigenvalue weighted by Gasteiger charge is 2.18. The van der Waals surface area contributed by atoms with Crippen LogP contribution in [-0.2, 0) is 11.8 Å². The molecule has 2 aromatic heterocycles. The molecule has 3 aromatic rings. The summed E-state index contributed by atoms with van der Waals surface area (Å²) >= 11 is 0. The van der Waals surface area contributed by atoms with Gasteiger partial charge in [-0.2, -0.15) is 0 Å². The van der Waals surface area contributed by atoms with Crippen LogP contribution in [0.15, 0.2) is 42.7 Å². The molecule has 0 saturated carbocycles. The number of fused-ring (bicyclic) bond motifs is 1. The third kappa shape index (κ3) is 5.88. The molecule has 3 rings (SSSR count). The molecule has 0 fully saturated rings. The van der Waals surface area contributed by atoms with Gasteiger partial charge < -0.3 is 15.2 Å². The van der Waals surface area contributed by atoms with Crippen LogP contribution in [0, 0.1) is 0 Å². The van der Waals surface area contributed by atoms with E-state index in [-0.39, 0.29) is 23.8 Å². The van der Waals surface area contributed by atoms with Crippen LogP contribution in [0.4, 0.5) is 5.69 Å². The van der Waals surface area contributed by atoms with Crippen molar-refractivity contribution in [1.82, 2.24) is 25.3 Å². The number of rotatable bonds is 10. The lowest BCUT2D eigenvalue weighted by atomic mass is 10.1. The van der Waals surface area contributed by atoms with E-state index in [4.69, 9.17) is 5.21 Å². The van der Waals surface area contributed by atoms with E-state index in [1.807, 2.05) is 24.3 Å². The molecule has 3 amide bonds. The largest absolute Gasteiger partial charge is 0.351 e. The highest BCUT2D eigenvalue weighted by molar-refractivity contribution is 6.07. The summed E-state index contributed by atoms with van der Waals surface area (Å²) in [5.41, 5.74) is 3.00. The number of hydroxylamine groups is 1. The van der Waals surface area contributed by atoms with Crippen molar-refractivity contribution in [3.63, 3.8) is 0 Å². The van der Waals surface area contributed by atoms with E-state index in [2.05, 4.69) is 20.6 Å². The predicted octanol–water partition coefficient (Wildman–Crippen LogP) is 2.41. The van der Waals surface area contributed by atoms with Crippen molar-refractivity contribution in [1.29, 1.82) is 0 Å². The number of hydrogen-bond acceptors (Lipinski definition) is 6. The monoisotopic (exact) mass is 438 g/mol. The molecule has 0 atom stereocenters. The van der Waals surface area contributed by atoms with E-state index >= 15 is 0 Å². The SMILES string of the molecule is Cn1cc(C(=O)NCCCCCCC(=O)NO)nc1C(=O)Nc1cccc2cccnc12. The molecule has 0 spiro atoms. The summed E-state index contributed by atoms with van der Waals surface area (Å²) in [6.07, 6.45) is 6.53. The Morgan fingerprint density at radius 1 is 1.03 bits per heavy atom. The molecule has 10 heteroatoms. The molecule has 0 radical (unpaired) electrons. The Bertz CT molecular complexity index is 1110. The third-order valence-corrected chi connectivity index (χ3v) is 4.93. The van der Waals surface area contributed by atoms with Crippen molar-refractivity contribution in [3.05, 3.63) is 54.2 Å². The maximum atomic E-state index is 12.7. The maximum absolute atomic E-state index is 12.7. The first-order chi connectivity index (χ1) is 15.5. The molecular weight excluding hydrogens is 412 g/mol. The fourth-order valence-corrected chi connectivity index (χ4v) is 3.28. The highest BCUT2D eigenvalue weighted by Crippen LogP contribution is 2.21. The zero-order valence-corrected chi connectivity index (χ0v) is 17.8. The summed E-state index contributed by atoms with van der Waals surface area (Å²) < 4.78 is 1.51. The normalized spacial score (nSPS) is 10.7. The molecule has 32 heavy (non-hydrogen) atoms. The Labute approximate surface area is 185 Å². The number of carbonyl (C=O) groups excluding carboxylic acids is 3.